The van der Waals surface area contributed by atoms with Gasteiger partial charge in [-0.15, -0.1) is 0 Å². The van der Waals surface area contributed by atoms with Gasteiger partial charge in [-0.05, 0) is 50.7 Å². The topological polar surface area (TPSA) is 68.0 Å². The van der Waals surface area contributed by atoms with E-state index in [1.807, 2.05) is 0 Å². The predicted octanol–water partition coefficient (Wildman–Crippen LogP) is 3.24. The molecule has 0 spiro atoms. The Morgan fingerprint density at radius 2 is 2.05 bits per heavy atom. The average Bonchev–Trinajstić information content (AvgIpc) is 2.53. The molecule has 1 aliphatic rings. The van der Waals surface area contributed by atoms with E-state index in [1.165, 1.54) is 43.4 Å². The second kappa shape index (κ2) is 8.89. The monoisotopic (exact) mass is 303 g/mol. The standard InChI is InChI=1S/C18H29N3O/c1-14(22)17(19)10-6-4-2-3-5-9-16-12-11-15-8-7-13-20-18(15)21-16/h11-12,17H,2-10,13,19H2,1H3,(H,20,21)/t17-/m0/s1. The van der Waals surface area contributed by atoms with E-state index in [1.54, 1.807) is 6.92 Å². The maximum Gasteiger partial charge on any atom is 0.146 e. The van der Waals surface area contributed by atoms with E-state index in [0.717, 1.165) is 38.0 Å². The Balaban J connectivity index is 1.58. The van der Waals surface area contributed by atoms with Gasteiger partial charge in [-0.1, -0.05) is 31.7 Å². The third-order valence-electron chi connectivity index (χ3n) is 4.42. The van der Waals surface area contributed by atoms with Gasteiger partial charge in [-0.2, -0.15) is 0 Å². The molecule has 4 heteroatoms. The molecular weight excluding hydrogens is 274 g/mol. The summed E-state index contributed by atoms with van der Waals surface area (Å²) in [4.78, 5) is 15.8. The van der Waals surface area contributed by atoms with Crippen LogP contribution in [-0.2, 0) is 17.6 Å². The van der Waals surface area contributed by atoms with Crippen LogP contribution in [-0.4, -0.2) is 23.4 Å². The fourth-order valence-electron chi connectivity index (χ4n) is 2.91. The van der Waals surface area contributed by atoms with E-state index in [0.29, 0.717) is 0 Å². The number of anilines is 1. The number of aromatic nitrogens is 1. The Morgan fingerprint density at radius 3 is 2.86 bits per heavy atom. The Bertz CT molecular complexity index is 487. The van der Waals surface area contributed by atoms with Gasteiger partial charge in [0, 0.05) is 12.2 Å². The van der Waals surface area contributed by atoms with Crippen LogP contribution >= 0.6 is 0 Å². The lowest BCUT2D eigenvalue weighted by Gasteiger charge is -2.17. The summed E-state index contributed by atoms with van der Waals surface area (Å²) < 4.78 is 0. The number of pyridine rings is 1. The molecule has 0 unspecified atom stereocenters. The van der Waals surface area contributed by atoms with Crippen LogP contribution in [0.15, 0.2) is 12.1 Å². The normalized spacial score (nSPS) is 15.0. The minimum atomic E-state index is -0.257. The maximum absolute atomic E-state index is 11.0. The third-order valence-corrected chi connectivity index (χ3v) is 4.42. The van der Waals surface area contributed by atoms with Crippen molar-refractivity contribution in [2.45, 2.75) is 70.8 Å². The minimum Gasteiger partial charge on any atom is -0.370 e. The molecule has 22 heavy (non-hydrogen) atoms. The van der Waals surface area contributed by atoms with Crippen LogP contribution in [0.3, 0.4) is 0 Å². The summed E-state index contributed by atoms with van der Waals surface area (Å²) in [6.45, 7) is 2.62. The first-order valence-electron chi connectivity index (χ1n) is 8.65. The fourth-order valence-corrected chi connectivity index (χ4v) is 2.91. The number of carbonyl (C=O) groups is 1. The summed E-state index contributed by atoms with van der Waals surface area (Å²) >= 11 is 0. The summed E-state index contributed by atoms with van der Waals surface area (Å²) in [7, 11) is 0. The van der Waals surface area contributed by atoms with E-state index in [-0.39, 0.29) is 11.8 Å². The number of fused-ring (bicyclic) bond motifs is 1. The van der Waals surface area contributed by atoms with Gasteiger partial charge in [0.25, 0.3) is 0 Å². The number of hydrogen-bond acceptors (Lipinski definition) is 4. The second-order valence-electron chi connectivity index (χ2n) is 6.36. The van der Waals surface area contributed by atoms with Crippen LogP contribution in [0.1, 0.15) is 63.1 Å². The van der Waals surface area contributed by atoms with E-state index in [4.69, 9.17) is 10.7 Å². The van der Waals surface area contributed by atoms with Gasteiger partial charge in [0.1, 0.15) is 11.6 Å². The second-order valence-corrected chi connectivity index (χ2v) is 6.36. The van der Waals surface area contributed by atoms with Gasteiger partial charge in [0.2, 0.25) is 0 Å². The van der Waals surface area contributed by atoms with Gasteiger partial charge in [-0.25, -0.2) is 4.98 Å². The maximum atomic E-state index is 11.0. The number of rotatable bonds is 9. The number of hydrogen-bond donors (Lipinski definition) is 2. The Kier molecular flexibility index (Phi) is 6.84. The highest BCUT2D eigenvalue weighted by Gasteiger charge is 2.10. The first-order chi connectivity index (χ1) is 10.7. The van der Waals surface area contributed by atoms with Gasteiger partial charge in [0.15, 0.2) is 0 Å². The van der Waals surface area contributed by atoms with Crippen molar-refractivity contribution in [1.82, 2.24) is 4.98 Å². The van der Waals surface area contributed by atoms with Crippen LogP contribution in [0, 0.1) is 0 Å². The van der Waals surface area contributed by atoms with E-state index >= 15 is 0 Å². The number of Topliss-reactive ketones (excluding diaryl/α,β-unsaturated/α-hetero) is 1. The number of aryl methyl sites for hydroxylation is 2. The first-order valence-corrected chi connectivity index (χ1v) is 8.65. The highest BCUT2D eigenvalue weighted by molar-refractivity contribution is 5.80. The predicted molar refractivity (Wildman–Crippen MR) is 91.1 cm³/mol. The van der Waals surface area contributed by atoms with Gasteiger partial charge >= 0.3 is 0 Å². The molecule has 0 bridgehead atoms. The van der Waals surface area contributed by atoms with Crippen LogP contribution in [0.5, 0.6) is 0 Å². The summed E-state index contributed by atoms with van der Waals surface area (Å²) in [5, 5.41) is 3.39. The number of unbranched alkanes of at least 4 members (excludes halogenated alkanes) is 4. The molecule has 0 fully saturated rings. The molecule has 1 aromatic heterocycles. The van der Waals surface area contributed by atoms with Crippen molar-refractivity contribution in [2.75, 3.05) is 11.9 Å². The highest BCUT2D eigenvalue weighted by atomic mass is 16.1. The minimum absolute atomic E-state index is 0.104. The molecule has 4 nitrogen and oxygen atoms in total. The van der Waals surface area contributed by atoms with Crippen molar-refractivity contribution in [3.05, 3.63) is 23.4 Å². The lowest BCUT2D eigenvalue weighted by molar-refractivity contribution is -0.118. The van der Waals surface area contributed by atoms with Crippen LogP contribution < -0.4 is 11.1 Å². The third kappa shape index (κ3) is 5.41. The summed E-state index contributed by atoms with van der Waals surface area (Å²) in [6.07, 6.45) is 10.1. The molecule has 1 atom stereocenters. The molecule has 2 heterocycles. The average molecular weight is 303 g/mol. The first kappa shape index (κ1) is 16.9. The number of nitrogens with one attached hydrogen (secondary N) is 1. The summed E-state index contributed by atoms with van der Waals surface area (Å²) in [5.74, 6) is 1.20. The summed E-state index contributed by atoms with van der Waals surface area (Å²) in [5.41, 5.74) is 8.28. The van der Waals surface area contributed by atoms with E-state index in [2.05, 4.69) is 17.4 Å². The number of carbonyl (C=O) groups excluding carboxylic acids is 1. The zero-order valence-electron chi connectivity index (χ0n) is 13.7. The lowest BCUT2D eigenvalue weighted by atomic mass is 10.0. The SMILES string of the molecule is CC(=O)[C@@H](N)CCCCCCCc1ccc2c(n1)NCCC2. The number of nitrogens with two attached hydrogens (primary N) is 1. The molecule has 0 saturated carbocycles. The van der Waals surface area contributed by atoms with E-state index in [9.17, 15) is 4.79 Å². The molecule has 1 aliphatic heterocycles. The molecule has 2 rings (SSSR count). The molecule has 0 radical (unpaired) electrons. The number of ketones is 1. The van der Waals surface area contributed by atoms with Gasteiger partial charge in [0.05, 0.1) is 6.04 Å². The Hall–Kier alpha value is -1.42. The fraction of sp³-hybridized carbons (Fsp3) is 0.667. The van der Waals surface area contributed by atoms with Crippen molar-refractivity contribution < 1.29 is 4.79 Å². The van der Waals surface area contributed by atoms with Crippen LogP contribution in [0.25, 0.3) is 0 Å². The largest absolute Gasteiger partial charge is 0.370 e. The van der Waals surface area contributed by atoms with E-state index < -0.39 is 0 Å². The quantitative estimate of drug-likeness (QED) is 0.687. The Labute approximate surface area is 133 Å². The Morgan fingerprint density at radius 1 is 1.27 bits per heavy atom. The van der Waals surface area contributed by atoms with Crippen molar-refractivity contribution in [3.63, 3.8) is 0 Å². The zero-order chi connectivity index (χ0) is 15.8. The van der Waals surface area contributed by atoms with Crippen LogP contribution in [0.2, 0.25) is 0 Å². The lowest BCUT2D eigenvalue weighted by Crippen LogP contribution is -2.27. The smallest absolute Gasteiger partial charge is 0.146 e. The molecule has 0 amide bonds. The molecule has 0 saturated heterocycles. The van der Waals surface area contributed by atoms with Gasteiger partial charge in [-0.3, -0.25) is 4.79 Å². The zero-order valence-corrected chi connectivity index (χ0v) is 13.7. The van der Waals surface area contributed by atoms with Crippen molar-refractivity contribution >= 4 is 11.6 Å². The van der Waals surface area contributed by atoms with Crippen molar-refractivity contribution in [2.24, 2.45) is 5.73 Å². The summed E-state index contributed by atoms with van der Waals surface area (Å²) in [6, 6.07) is 4.15. The molecule has 0 aromatic carbocycles. The number of nitrogens with zero attached hydrogens (tertiary/aromatic N) is 1. The molecular formula is C18H29N3O. The molecule has 3 N–H and O–H groups in total. The van der Waals surface area contributed by atoms with Crippen molar-refractivity contribution in [3.8, 4) is 0 Å². The molecule has 1 aromatic rings. The molecule has 0 aliphatic carbocycles. The van der Waals surface area contributed by atoms with Gasteiger partial charge < -0.3 is 11.1 Å². The van der Waals surface area contributed by atoms with Crippen molar-refractivity contribution in [1.29, 1.82) is 0 Å². The molecule has 122 valence electrons. The highest BCUT2D eigenvalue weighted by Crippen LogP contribution is 2.20. The van der Waals surface area contributed by atoms with Crippen LogP contribution in [0.4, 0.5) is 5.82 Å².